The summed E-state index contributed by atoms with van der Waals surface area (Å²) in [5, 5.41) is 16.2. The molecule has 5 nitrogen and oxygen atoms in total. The number of nitriles is 1. The molecule has 0 unspecified atom stereocenters. The normalized spacial score (nSPS) is 10.0. The minimum Gasteiger partial charge on any atom is -0.339 e. The van der Waals surface area contributed by atoms with Crippen molar-refractivity contribution in [3.05, 3.63) is 70.3 Å². The van der Waals surface area contributed by atoms with Crippen molar-refractivity contribution < 1.29 is 0 Å². The number of benzene rings is 2. The lowest BCUT2D eigenvalue weighted by Gasteiger charge is -2.10. The first-order chi connectivity index (χ1) is 11.6. The second kappa shape index (κ2) is 7.18. The average Bonchev–Trinajstić information content (AvgIpc) is 2.58. The van der Waals surface area contributed by atoms with Crippen LogP contribution in [-0.2, 0) is 0 Å². The summed E-state index contributed by atoms with van der Waals surface area (Å²) in [6.45, 7) is 0. The van der Waals surface area contributed by atoms with Gasteiger partial charge in [-0.3, -0.25) is 0 Å². The van der Waals surface area contributed by atoms with Crippen LogP contribution in [0.4, 0.5) is 23.1 Å². The molecule has 3 aromatic rings. The zero-order valence-corrected chi connectivity index (χ0v) is 13.8. The molecule has 0 saturated carbocycles. The van der Waals surface area contributed by atoms with Gasteiger partial charge in [-0.1, -0.05) is 29.3 Å². The van der Waals surface area contributed by atoms with E-state index in [0.717, 1.165) is 5.69 Å². The molecular weight excluding hydrogens is 345 g/mol. The number of hydrogen-bond acceptors (Lipinski definition) is 5. The molecule has 0 aliphatic rings. The van der Waals surface area contributed by atoms with Gasteiger partial charge in [0.05, 0.1) is 22.3 Å². The van der Waals surface area contributed by atoms with Crippen LogP contribution in [0.2, 0.25) is 10.0 Å². The Morgan fingerprint density at radius 2 is 1.88 bits per heavy atom. The molecule has 2 N–H and O–H groups in total. The van der Waals surface area contributed by atoms with Gasteiger partial charge in [-0.15, -0.1) is 0 Å². The highest BCUT2D eigenvalue weighted by molar-refractivity contribution is 6.36. The number of nitrogens with one attached hydrogen (secondary N) is 2. The summed E-state index contributed by atoms with van der Waals surface area (Å²) in [5.41, 5.74) is 1.98. The second-order valence-electron chi connectivity index (χ2n) is 4.83. The highest BCUT2D eigenvalue weighted by Crippen LogP contribution is 2.28. The maximum Gasteiger partial charge on any atom is 0.229 e. The molecule has 0 saturated heterocycles. The van der Waals surface area contributed by atoms with Crippen molar-refractivity contribution in [1.29, 1.82) is 5.26 Å². The van der Waals surface area contributed by atoms with Gasteiger partial charge in [0, 0.05) is 16.9 Å². The Balaban J connectivity index is 1.80. The van der Waals surface area contributed by atoms with Gasteiger partial charge >= 0.3 is 0 Å². The van der Waals surface area contributed by atoms with Crippen molar-refractivity contribution in [2.75, 3.05) is 10.6 Å². The molecule has 24 heavy (non-hydrogen) atoms. The molecule has 0 radical (unpaired) electrons. The first kappa shape index (κ1) is 16.1. The molecule has 0 fully saturated rings. The van der Waals surface area contributed by atoms with E-state index in [1.807, 2.05) is 6.07 Å². The number of aromatic nitrogens is 2. The Morgan fingerprint density at radius 1 is 1.00 bits per heavy atom. The molecule has 2 aromatic carbocycles. The number of hydrogen-bond donors (Lipinski definition) is 2. The lowest BCUT2D eigenvalue weighted by Crippen LogP contribution is -2.00. The molecule has 0 amide bonds. The van der Waals surface area contributed by atoms with Crippen molar-refractivity contribution in [3.63, 3.8) is 0 Å². The predicted molar refractivity (Wildman–Crippen MR) is 96.2 cm³/mol. The van der Waals surface area contributed by atoms with Gasteiger partial charge < -0.3 is 10.6 Å². The molecule has 0 atom stereocenters. The largest absolute Gasteiger partial charge is 0.339 e. The molecule has 0 spiro atoms. The van der Waals surface area contributed by atoms with E-state index in [0.29, 0.717) is 33.1 Å². The van der Waals surface area contributed by atoms with Gasteiger partial charge in [0.2, 0.25) is 5.95 Å². The summed E-state index contributed by atoms with van der Waals surface area (Å²) in [6.07, 6.45) is 1.62. The van der Waals surface area contributed by atoms with Crippen LogP contribution in [0.1, 0.15) is 5.56 Å². The molecule has 0 bridgehead atoms. The Morgan fingerprint density at radius 3 is 2.67 bits per heavy atom. The molecular formula is C17H11Cl2N5. The summed E-state index contributed by atoms with van der Waals surface area (Å²) in [5.74, 6) is 0.980. The number of rotatable bonds is 4. The van der Waals surface area contributed by atoms with Crippen molar-refractivity contribution in [2.24, 2.45) is 0 Å². The molecule has 0 aliphatic heterocycles. The van der Waals surface area contributed by atoms with E-state index in [9.17, 15) is 0 Å². The fourth-order valence-corrected chi connectivity index (χ4v) is 2.47. The fraction of sp³-hybridized carbons (Fsp3) is 0. The number of nitrogens with zero attached hydrogens (tertiary/aromatic N) is 3. The van der Waals surface area contributed by atoms with Gasteiger partial charge in [0.25, 0.3) is 0 Å². The van der Waals surface area contributed by atoms with Crippen LogP contribution < -0.4 is 10.6 Å². The highest BCUT2D eigenvalue weighted by Gasteiger charge is 2.05. The van der Waals surface area contributed by atoms with Gasteiger partial charge in [0.15, 0.2) is 0 Å². The SMILES string of the molecule is N#Cc1cccc(Nc2nccc(Nc3ccc(Cl)cc3Cl)n2)c1. The van der Waals surface area contributed by atoms with Crippen LogP contribution in [0.25, 0.3) is 0 Å². The van der Waals surface area contributed by atoms with E-state index < -0.39 is 0 Å². The summed E-state index contributed by atoms with van der Waals surface area (Å²) in [6, 6.07) is 16.1. The Bertz CT molecular complexity index is 921. The van der Waals surface area contributed by atoms with Crippen molar-refractivity contribution in [1.82, 2.24) is 9.97 Å². The van der Waals surface area contributed by atoms with E-state index >= 15 is 0 Å². The smallest absolute Gasteiger partial charge is 0.229 e. The fourth-order valence-electron chi connectivity index (χ4n) is 2.01. The Hall–Kier alpha value is -2.81. The molecule has 1 aromatic heterocycles. The van der Waals surface area contributed by atoms with Crippen LogP contribution in [0, 0.1) is 11.3 Å². The number of anilines is 4. The minimum absolute atomic E-state index is 0.403. The lowest BCUT2D eigenvalue weighted by atomic mass is 10.2. The minimum atomic E-state index is 0.403. The topological polar surface area (TPSA) is 73.6 Å². The zero-order valence-electron chi connectivity index (χ0n) is 12.3. The second-order valence-corrected chi connectivity index (χ2v) is 5.68. The molecule has 118 valence electrons. The third-order valence-corrected chi connectivity index (χ3v) is 3.65. The maximum absolute atomic E-state index is 8.94. The van der Waals surface area contributed by atoms with Gasteiger partial charge in [0.1, 0.15) is 5.82 Å². The standard InChI is InChI=1S/C17H11Cl2N5/c18-12-4-5-15(14(19)9-12)23-16-6-7-21-17(24-16)22-13-3-1-2-11(8-13)10-20/h1-9H,(H2,21,22,23,24). The van der Waals surface area contributed by atoms with Crippen molar-refractivity contribution in [3.8, 4) is 6.07 Å². The highest BCUT2D eigenvalue weighted by atomic mass is 35.5. The predicted octanol–water partition coefficient (Wildman–Crippen LogP) is 5.14. The first-order valence-corrected chi connectivity index (χ1v) is 7.72. The Labute approximate surface area is 148 Å². The van der Waals surface area contributed by atoms with Crippen LogP contribution in [0.15, 0.2) is 54.7 Å². The summed E-state index contributed by atoms with van der Waals surface area (Å²) in [7, 11) is 0. The third kappa shape index (κ3) is 3.93. The molecule has 7 heteroatoms. The van der Waals surface area contributed by atoms with Crippen molar-refractivity contribution in [2.45, 2.75) is 0 Å². The van der Waals surface area contributed by atoms with Crippen LogP contribution >= 0.6 is 23.2 Å². The van der Waals surface area contributed by atoms with E-state index in [4.69, 9.17) is 28.5 Å². The average molecular weight is 356 g/mol. The van der Waals surface area contributed by atoms with Crippen LogP contribution in [-0.4, -0.2) is 9.97 Å². The van der Waals surface area contributed by atoms with E-state index in [1.165, 1.54) is 0 Å². The molecule has 0 aliphatic carbocycles. The Kier molecular flexibility index (Phi) is 4.80. The zero-order chi connectivity index (χ0) is 16.9. The summed E-state index contributed by atoms with van der Waals surface area (Å²) in [4.78, 5) is 8.54. The van der Waals surface area contributed by atoms with Crippen LogP contribution in [0.3, 0.4) is 0 Å². The number of halogens is 2. The quantitative estimate of drug-likeness (QED) is 0.677. The first-order valence-electron chi connectivity index (χ1n) is 6.96. The summed E-state index contributed by atoms with van der Waals surface area (Å²) < 4.78 is 0. The van der Waals surface area contributed by atoms with Gasteiger partial charge in [-0.2, -0.15) is 10.2 Å². The van der Waals surface area contributed by atoms with E-state index in [-0.39, 0.29) is 0 Å². The monoisotopic (exact) mass is 355 g/mol. The van der Waals surface area contributed by atoms with E-state index in [1.54, 1.807) is 48.7 Å². The third-order valence-electron chi connectivity index (χ3n) is 3.10. The maximum atomic E-state index is 8.94. The molecule has 1 heterocycles. The van der Waals surface area contributed by atoms with Gasteiger partial charge in [-0.25, -0.2) is 4.98 Å². The summed E-state index contributed by atoms with van der Waals surface area (Å²) >= 11 is 12.0. The molecule has 3 rings (SSSR count). The van der Waals surface area contributed by atoms with Crippen LogP contribution in [0.5, 0.6) is 0 Å². The van der Waals surface area contributed by atoms with Gasteiger partial charge in [-0.05, 0) is 42.5 Å². The van der Waals surface area contributed by atoms with Crippen molar-refractivity contribution >= 4 is 46.3 Å². The van der Waals surface area contributed by atoms with E-state index in [2.05, 4.69) is 26.7 Å². The lowest BCUT2D eigenvalue weighted by molar-refractivity contribution is 1.16.